The highest BCUT2D eigenvalue weighted by molar-refractivity contribution is 9.10. The van der Waals surface area contributed by atoms with Gasteiger partial charge in [-0.3, -0.25) is 4.79 Å². The van der Waals surface area contributed by atoms with Gasteiger partial charge in [0.25, 0.3) is 0 Å². The van der Waals surface area contributed by atoms with Gasteiger partial charge in [-0.05, 0) is 22.0 Å². The molecule has 66 valence electrons. The average molecular weight is 314 g/mol. The molecule has 0 bridgehead atoms. The minimum absolute atomic E-state index is 0.0731. The van der Waals surface area contributed by atoms with Crippen LogP contribution in [0.1, 0.15) is 9.67 Å². The van der Waals surface area contributed by atoms with Crippen molar-refractivity contribution in [3.05, 3.63) is 15.4 Å². The number of hydrogen-bond donors (Lipinski definition) is 0. The van der Waals surface area contributed by atoms with Gasteiger partial charge in [0.15, 0.2) is 10.8 Å². The van der Waals surface area contributed by atoms with Crippen molar-refractivity contribution < 1.29 is 9.53 Å². The third kappa shape index (κ3) is 2.08. The molecule has 1 aromatic rings. The van der Waals surface area contributed by atoms with Crippen LogP contribution in [0.2, 0.25) is 0 Å². The molecule has 0 atom stereocenters. The first-order valence-corrected chi connectivity index (χ1v) is 5.84. The van der Waals surface area contributed by atoms with Gasteiger partial charge >= 0.3 is 0 Å². The van der Waals surface area contributed by atoms with E-state index in [0.717, 1.165) is 9.54 Å². The van der Waals surface area contributed by atoms with Crippen LogP contribution >= 0.6 is 43.2 Å². The van der Waals surface area contributed by atoms with Gasteiger partial charge in [0.1, 0.15) is 0 Å². The van der Waals surface area contributed by atoms with E-state index < -0.39 is 0 Å². The van der Waals surface area contributed by atoms with Crippen molar-refractivity contribution in [1.29, 1.82) is 0 Å². The number of Topliss-reactive ketones (excluding diaryl/α,β-unsaturated/α-hetero) is 1. The molecule has 12 heavy (non-hydrogen) atoms. The first kappa shape index (κ1) is 10.2. The predicted molar refractivity (Wildman–Crippen MR) is 56.7 cm³/mol. The summed E-state index contributed by atoms with van der Waals surface area (Å²) in [6.45, 7) is 0. The van der Waals surface area contributed by atoms with Crippen LogP contribution in [0.5, 0.6) is 5.06 Å². The van der Waals surface area contributed by atoms with E-state index in [-0.39, 0.29) is 5.78 Å². The van der Waals surface area contributed by atoms with Crippen LogP contribution in [-0.2, 0) is 0 Å². The summed E-state index contributed by atoms with van der Waals surface area (Å²) >= 11 is 7.74. The zero-order valence-electron chi connectivity index (χ0n) is 6.27. The van der Waals surface area contributed by atoms with Crippen LogP contribution in [0, 0.1) is 0 Å². The predicted octanol–water partition coefficient (Wildman–Crippen LogP) is 3.10. The highest BCUT2D eigenvalue weighted by atomic mass is 79.9. The molecule has 0 radical (unpaired) electrons. The van der Waals surface area contributed by atoms with Crippen LogP contribution in [-0.4, -0.2) is 18.2 Å². The van der Waals surface area contributed by atoms with Crippen molar-refractivity contribution in [3.63, 3.8) is 0 Å². The van der Waals surface area contributed by atoms with Crippen molar-refractivity contribution in [2.24, 2.45) is 0 Å². The third-order valence-electron chi connectivity index (χ3n) is 1.24. The van der Waals surface area contributed by atoms with Gasteiger partial charge in [-0.2, -0.15) is 0 Å². The lowest BCUT2D eigenvalue weighted by Gasteiger charge is -1.91. The minimum atomic E-state index is 0.0731. The molecular weight excluding hydrogens is 308 g/mol. The van der Waals surface area contributed by atoms with Crippen molar-refractivity contribution in [1.82, 2.24) is 0 Å². The molecule has 0 unspecified atom stereocenters. The molecule has 0 N–H and O–H groups in total. The maximum atomic E-state index is 11.2. The highest BCUT2D eigenvalue weighted by Crippen LogP contribution is 2.34. The Morgan fingerprint density at radius 3 is 2.83 bits per heavy atom. The van der Waals surface area contributed by atoms with Crippen molar-refractivity contribution >= 4 is 49.0 Å². The summed E-state index contributed by atoms with van der Waals surface area (Å²) in [5.74, 6) is 0.0731. The molecule has 0 aliphatic heterocycles. The molecule has 1 aromatic heterocycles. The Morgan fingerprint density at radius 1 is 1.75 bits per heavy atom. The Balaban J connectivity index is 2.96. The van der Waals surface area contributed by atoms with Crippen LogP contribution in [0.4, 0.5) is 0 Å². The standard InChI is InChI=1S/C7H6Br2O2S/c1-11-7-4(9)2-6(12-7)5(10)3-8/h2H,3H2,1H3. The monoisotopic (exact) mass is 312 g/mol. The third-order valence-corrected chi connectivity index (χ3v) is 3.74. The first-order valence-electron chi connectivity index (χ1n) is 3.11. The first-order chi connectivity index (χ1) is 5.69. The number of halogens is 2. The van der Waals surface area contributed by atoms with Gasteiger partial charge in [-0.1, -0.05) is 27.3 Å². The van der Waals surface area contributed by atoms with Crippen molar-refractivity contribution in [2.75, 3.05) is 12.4 Å². The number of hydrogen-bond acceptors (Lipinski definition) is 3. The Hall–Kier alpha value is 0.130. The molecule has 0 aromatic carbocycles. The molecule has 0 saturated carbocycles. The Kier molecular flexibility index (Phi) is 3.74. The van der Waals surface area contributed by atoms with E-state index in [1.54, 1.807) is 13.2 Å². The SMILES string of the molecule is COc1sc(C(=O)CBr)cc1Br. The van der Waals surface area contributed by atoms with Crippen LogP contribution in [0.15, 0.2) is 10.5 Å². The van der Waals surface area contributed by atoms with Gasteiger partial charge in [-0.25, -0.2) is 0 Å². The molecule has 0 saturated heterocycles. The van der Waals surface area contributed by atoms with E-state index >= 15 is 0 Å². The molecule has 1 heterocycles. The second kappa shape index (κ2) is 4.39. The Bertz CT molecular complexity index is 296. The molecule has 0 amide bonds. The molecule has 1 rings (SSSR count). The smallest absolute Gasteiger partial charge is 0.188 e. The van der Waals surface area contributed by atoms with E-state index in [1.165, 1.54) is 11.3 Å². The largest absolute Gasteiger partial charge is 0.486 e. The van der Waals surface area contributed by atoms with Crippen molar-refractivity contribution in [2.45, 2.75) is 0 Å². The number of carbonyl (C=O) groups excluding carboxylic acids is 1. The molecule has 0 aliphatic carbocycles. The highest BCUT2D eigenvalue weighted by Gasteiger charge is 2.11. The van der Waals surface area contributed by atoms with Crippen LogP contribution < -0.4 is 4.74 Å². The summed E-state index contributed by atoms with van der Waals surface area (Å²) < 4.78 is 5.86. The number of ketones is 1. The summed E-state index contributed by atoms with van der Waals surface area (Å²) in [5.41, 5.74) is 0. The fourth-order valence-corrected chi connectivity index (χ4v) is 2.77. The summed E-state index contributed by atoms with van der Waals surface area (Å²) in [7, 11) is 1.58. The molecular formula is C7H6Br2O2S. The van der Waals surface area contributed by atoms with Crippen LogP contribution in [0.25, 0.3) is 0 Å². The maximum absolute atomic E-state index is 11.2. The number of methoxy groups -OCH3 is 1. The summed E-state index contributed by atoms with van der Waals surface area (Å²) in [6, 6.07) is 1.77. The fourth-order valence-electron chi connectivity index (χ4n) is 0.695. The normalized spacial score (nSPS) is 9.92. The van der Waals surface area contributed by atoms with Gasteiger partial charge < -0.3 is 4.74 Å². The van der Waals surface area contributed by atoms with E-state index in [4.69, 9.17) is 4.74 Å². The number of ether oxygens (including phenoxy) is 1. The quantitative estimate of drug-likeness (QED) is 0.633. The number of thiophene rings is 1. The maximum Gasteiger partial charge on any atom is 0.188 e. The van der Waals surface area contributed by atoms with E-state index in [0.29, 0.717) is 10.2 Å². The molecule has 0 fully saturated rings. The van der Waals surface area contributed by atoms with E-state index in [2.05, 4.69) is 31.9 Å². The summed E-state index contributed by atoms with van der Waals surface area (Å²) in [4.78, 5) is 11.9. The Labute approximate surface area is 91.2 Å². The lowest BCUT2D eigenvalue weighted by molar-refractivity contribution is 0.102. The van der Waals surface area contributed by atoms with Gasteiger partial charge in [0.2, 0.25) is 0 Å². The Morgan fingerprint density at radius 2 is 2.42 bits per heavy atom. The summed E-state index contributed by atoms with van der Waals surface area (Å²) in [6.07, 6.45) is 0. The zero-order chi connectivity index (χ0) is 9.14. The lowest BCUT2D eigenvalue weighted by Crippen LogP contribution is -1.94. The minimum Gasteiger partial charge on any atom is -0.486 e. The molecule has 0 spiro atoms. The number of rotatable bonds is 3. The number of carbonyl (C=O) groups is 1. The summed E-state index contributed by atoms with van der Waals surface area (Å²) in [5, 5.41) is 1.09. The zero-order valence-corrected chi connectivity index (χ0v) is 10.3. The average Bonchev–Trinajstić information content (AvgIpc) is 2.45. The van der Waals surface area contributed by atoms with E-state index in [1.807, 2.05) is 0 Å². The molecule has 2 nitrogen and oxygen atoms in total. The van der Waals surface area contributed by atoms with E-state index in [9.17, 15) is 4.79 Å². The van der Waals surface area contributed by atoms with Gasteiger partial charge in [0, 0.05) is 0 Å². The second-order valence-electron chi connectivity index (χ2n) is 2.01. The topological polar surface area (TPSA) is 26.3 Å². The lowest BCUT2D eigenvalue weighted by atomic mass is 10.4. The van der Waals surface area contributed by atoms with Gasteiger partial charge in [-0.15, -0.1) is 0 Å². The van der Waals surface area contributed by atoms with Crippen molar-refractivity contribution in [3.8, 4) is 5.06 Å². The van der Waals surface area contributed by atoms with Gasteiger partial charge in [0.05, 0.1) is 21.8 Å². The molecule has 5 heteroatoms. The fraction of sp³-hybridized carbons (Fsp3) is 0.286. The second-order valence-corrected chi connectivity index (χ2v) is 4.44. The molecule has 0 aliphatic rings. The van der Waals surface area contributed by atoms with Crippen LogP contribution in [0.3, 0.4) is 0 Å². The number of alkyl halides is 1.